The molecular formula is C10H9F2N3OS. The van der Waals surface area contributed by atoms with Crippen LogP contribution in [0.1, 0.15) is 5.01 Å². The first kappa shape index (κ1) is 11.7. The zero-order valence-corrected chi connectivity index (χ0v) is 9.72. The van der Waals surface area contributed by atoms with Gasteiger partial charge in [0.2, 0.25) is 5.13 Å². The van der Waals surface area contributed by atoms with Crippen LogP contribution >= 0.6 is 11.3 Å². The second-order valence-corrected chi connectivity index (χ2v) is 4.18. The molecule has 17 heavy (non-hydrogen) atoms. The van der Waals surface area contributed by atoms with Gasteiger partial charge in [0, 0.05) is 13.1 Å². The summed E-state index contributed by atoms with van der Waals surface area (Å²) in [7, 11) is 1.74. The molecule has 4 nitrogen and oxygen atoms in total. The minimum atomic E-state index is -0.935. The van der Waals surface area contributed by atoms with Crippen molar-refractivity contribution >= 4 is 16.5 Å². The summed E-state index contributed by atoms with van der Waals surface area (Å²) in [5, 5.41) is 11.8. The average molecular weight is 257 g/mol. The number of nitrogens with one attached hydrogen (secondary N) is 1. The van der Waals surface area contributed by atoms with Crippen LogP contribution in [0.15, 0.2) is 18.2 Å². The van der Waals surface area contributed by atoms with Gasteiger partial charge in [-0.25, -0.2) is 8.78 Å². The smallest absolute Gasteiger partial charge is 0.205 e. The molecule has 2 rings (SSSR count). The monoisotopic (exact) mass is 257 g/mol. The van der Waals surface area contributed by atoms with E-state index in [4.69, 9.17) is 4.74 Å². The van der Waals surface area contributed by atoms with Gasteiger partial charge >= 0.3 is 0 Å². The van der Waals surface area contributed by atoms with Crippen LogP contribution in [0, 0.1) is 11.6 Å². The van der Waals surface area contributed by atoms with Gasteiger partial charge in [-0.2, -0.15) is 0 Å². The number of nitrogens with zero attached hydrogens (tertiary/aromatic N) is 2. The number of rotatable bonds is 4. The van der Waals surface area contributed by atoms with E-state index in [9.17, 15) is 8.78 Å². The highest BCUT2D eigenvalue weighted by atomic mass is 32.1. The molecular weight excluding hydrogens is 248 g/mol. The van der Waals surface area contributed by atoms with Crippen molar-refractivity contribution in [2.45, 2.75) is 6.61 Å². The van der Waals surface area contributed by atoms with E-state index in [1.54, 1.807) is 7.05 Å². The van der Waals surface area contributed by atoms with E-state index < -0.39 is 11.6 Å². The van der Waals surface area contributed by atoms with Crippen molar-refractivity contribution in [3.63, 3.8) is 0 Å². The van der Waals surface area contributed by atoms with E-state index >= 15 is 0 Å². The Balaban J connectivity index is 1.99. The standard InChI is InChI=1S/C10H9F2N3OS/c1-13-10-15-14-9(17-10)5-16-6-2-3-7(11)8(12)4-6/h2-4H,5H2,1H3,(H,13,15). The van der Waals surface area contributed by atoms with Gasteiger partial charge in [-0.15, -0.1) is 10.2 Å². The van der Waals surface area contributed by atoms with E-state index in [0.717, 1.165) is 12.1 Å². The van der Waals surface area contributed by atoms with Crippen LogP contribution in [0.2, 0.25) is 0 Å². The van der Waals surface area contributed by atoms with Crippen molar-refractivity contribution in [1.29, 1.82) is 0 Å². The van der Waals surface area contributed by atoms with E-state index in [0.29, 0.717) is 10.1 Å². The number of anilines is 1. The second kappa shape index (κ2) is 5.05. The lowest BCUT2D eigenvalue weighted by molar-refractivity contribution is 0.301. The molecule has 0 aliphatic rings. The molecule has 0 spiro atoms. The Kier molecular flexibility index (Phi) is 3.48. The Morgan fingerprint density at radius 2 is 2.12 bits per heavy atom. The van der Waals surface area contributed by atoms with Crippen molar-refractivity contribution in [2.75, 3.05) is 12.4 Å². The predicted octanol–water partition coefficient (Wildman–Crippen LogP) is 2.44. The quantitative estimate of drug-likeness (QED) is 0.913. The molecule has 1 aromatic heterocycles. The van der Waals surface area contributed by atoms with Gasteiger partial charge in [0.15, 0.2) is 16.6 Å². The molecule has 0 aliphatic heterocycles. The number of benzene rings is 1. The minimum Gasteiger partial charge on any atom is -0.486 e. The van der Waals surface area contributed by atoms with Crippen molar-refractivity contribution in [1.82, 2.24) is 10.2 Å². The molecule has 0 saturated carbocycles. The molecule has 0 bridgehead atoms. The van der Waals surface area contributed by atoms with E-state index in [1.807, 2.05) is 0 Å². The first-order chi connectivity index (χ1) is 8.19. The highest BCUT2D eigenvalue weighted by Crippen LogP contribution is 2.19. The third-order valence-electron chi connectivity index (χ3n) is 1.93. The number of halogens is 2. The Morgan fingerprint density at radius 1 is 1.29 bits per heavy atom. The molecule has 1 heterocycles. The maximum absolute atomic E-state index is 12.9. The Morgan fingerprint density at radius 3 is 2.76 bits per heavy atom. The van der Waals surface area contributed by atoms with Crippen LogP contribution in [-0.4, -0.2) is 17.2 Å². The molecule has 0 saturated heterocycles. The molecule has 0 atom stereocenters. The number of hydrogen-bond acceptors (Lipinski definition) is 5. The third kappa shape index (κ3) is 2.88. The first-order valence-electron chi connectivity index (χ1n) is 4.77. The number of aromatic nitrogens is 2. The fourth-order valence-electron chi connectivity index (χ4n) is 1.12. The van der Waals surface area contributed by atoms with Gasteiger partial charge in [0.1, 0.15) is 12.4 Å². The maximum atomic E-state index is 12.9. The summed E-state index contributed by atoms with van der Waals surface area (Å²) in [6, 6.07) is 3.37. The molecule has 1 aromatic carbocycles. The van der Waals surface area contributed by atoms with Crippen LogP contribution in [-0.2, 0) is 6.61 Å². The molecule has 90 valence electrons. The molecule has 0 fully saturated rings. The highest BCUT2D eigenvalue weighted by Gasteiger charge is 2.06. The van der Waals surface area contributed by atoms with Crippen LogP contribution in [0.5, 0.6) is 5.75 Å². The fraction of sp³-hybridized carbons (Fsp3) is 0.200. The summed E-state index contributed by atoms with van der Waals surface area (Å²) in [6.07, 6.45) is 0. The maximum Gasteiger partial charge on any atom is 0.205 e. The topological polar surface area (TPSA) is 47.0 Å². The summed E-state index contributed by atoms with van der Waals surface area (Å²) in [6.45, 7) is 0.171. The molecule has 0 radical (unpaired) electrons. The Bertz CT molecular complexity index is 518. The van der Waals surface area contributed by atoms with Gasteiger partial charge < -0.3 is 10.1 Å². The zero-order chi connectivity index (χ0) is 12.3. The first-order valence-corrected chi connectivity index (χ1v) is 5.58. The Labute approximate surface area is 100 Å². The number of hydrogen-bond donors (Lipinski definition) is 1. The van der Waals surface area contributed by atoms with E-state index in [1.165, 1.54) is 17.4 Å². The van der Waals surface area contributed by atoms with E-state index in [2.05, 4.69) is 15.5 Å². The summed E-state index contributed by atoms with van der Waals surface area (Å²) < 4.78 is 30.8. The van der Waals surface area contributed by atoms with Gasteiger partial charge in [0.05, 0.1) is 0 Å². The SMILES string of the molecule is CNc1nnc(COc2ccc(F)c(F)c2)s1. The van der Waals surface area contributed by atoms with Crippen molar-refractivity contribution in [3.05, 3.63) is 34.8 Å². The molecule has 2 aromatic rings. The summed E-state index contributed by atoms with van der Waals surface area (Å²) >= 11 is 1.33. The summed E-state index contributed by atoms with van der Waals surface area (Å²) in [5.74, 6) is -1.58. The summed E-state index contributed by atoms with van der Waals surface area (Å²) in [4.78, 5) is 0. The molecule has 0 amide bonds. The molecule has 7 heteroatoms. The van der Waals surface area contributed by atoms with Crippen molar-refractivity contribution < 1.29 is 13.5 Å². The highest BCUT2D eigenvalue weighted by molar-refractivity contribution is 7.15. The van der Waals surface area contributed by atoms with Gasteiger partial charge in [-0.05, 0) is 12.1 Å². The Hall–Kier alpha value is -1.76. The van der Waals surface area contributed by atoms with Gasteiger partial charge in [0.25, 0.3) is 0 Å². The summed E-state index contributed by atoms with van der Waals surface area (Å²) in [5.41, 5.74) is 0. The average Bonchev–Trinajstić information content (AvgIpc) is 2.79. The second-order valence-electron chi connectivity index (χ2n) is 3.12. The number of ether oxygens (including phenoxy) is 1. The molecule has 1 N–H and O–H groups in total. The van der Waals surface area contributed by atoms with Crippen molar-refractivity contribution in [2.24, 2.45) is 0 Å². The van der Waals surface area contributed by atoms with Gasteiger partial charge in [-0.1, -0.05) is 11.3 Å². The van der Waals surface area contributed by atoms with Crippen LogP contribution in [0.4, 0.5) is 13.9 Å². The lowest BCUT2D eigenvalue weighted by Gasteiger charge is -2.03. The lowest BCUT2D eigenvalue weighted by atomic mass is 10.3. The van der Waals surface area contributed by atoms with Crippen molar-refractivity contribution in [3.8, 4) is 5.75 Å². The minimum absolute atomic E-state index is 0.171. The van der Waals surface area contributed by atoms with Crippen LogP contribution in [0.3, 0.4) is 0 Å². The largest absolute Gasteiger partial charge is 0.486 e. The third-order valence-corrected chi connectivity index (χ3v) is 2.85. The predicted molar refractivity (Wildman–Crippen MR) is 60.1 cm³/mol. The zero-order valence-electron chi connectivity index (χ0n) is 8.91. The molecule has 0 unspecified atom stereocenters. The van der Waals surface area contributed by atoms with Gasteiger partial charge in [-0.3, -0.25) is 0 Å². The van der Waals surface area contributed by atoms with Crippen LogP contribution in [0.25, 0.3) is 0 Å². The fourth-order valence-corrected chi connectivity index (χ4v) is 1.73. The lowest BCUT2D eigenvalue weighted by Crippen LogP contribution is -1.96. The van der Waals surface area contributed by atoms with E-state index in [-0.39, 0.29) is 12.4 Å². The van der Waals surface area contributed by atoms with Crippen LogP contribution < -0.4 is 10.1 Å². The normalized spacial score (nSPS) is 10.3. The molecule has 0 aliphatic carbocycles.